The number of amides is 2. The lowest BCUT2D eigenvalue weighted by Gasteiger charge is -2.30. The molecule has 0 atom stereocenters. The molecule has 0 spiro atoms. The SMILES string of the molecule is Cc1nc2c(c(-c3ccc(Cl)cc3Cl)c1CN)C(=O)N(CC(N)=O)CC2. The van der Waals surface area contributed by atoms with Gasteiger partial charge in [-0.05, 0) is 24.6 Å². The van der Waals surface area contributed by atoms with Crippen LogP contribution < -0.4 is 11.5 Å². The average molecular weight is 393 g/mol. The Balaban J connectivity index is 2.28. The predicted octanol–water partition coefficient (Wildman–Crippen LogP) is 2.31. The third-order valence-electron chi connectivity index (χ3n) is 4.45. The molecule has 0 saturated carbocycles. The third kappa shape index (κ3) is 3.28. The molecule has 8 heteroatoms. The maximum atomic E-state index is 13.1. The minimum Gasteiger partial charge on any atom is -0.368 e. The number of hydrogen-bond acceptors (Lipinski definition) is 4. The van der Waals surface area contributed by atoms with Crippen LogP contribution >= 0.6 is 23.2 Å². The quantitative estimate of drug-likeness (QED) is 0.832. The van der Waals surface area contributed by atoms with Crippen molar-refractivity contribution in [3.63, 3.8) is 0 Å². The van der Waals surface area contributed by atoms with Gasteiger partial charge >= 0.3 is 0 Å². The number of primary amides is 1. The van der Waals surface area contributed by atoms with Crippen molar-refractivity contribution in [1.29, 1.82) is 0 Å². The summed E-state index contributed by atoms with van der Waals surface area (Å²) in [5.74, 6) is -0.861. The first-order valence-corrected chi connectivity index (χ1v) is 8.84. The van der Waals surface area contributed by atoms with E-state index in [1.54, 1.807) is 18.2 Å². The van der Waals surface area contributed by atoms with Gasteiger partial charge in [0.1, 0.15) is 0 Å². The zero-order valence-electron chi connectivity index (χ0n) is 14.2. The van der Waals surface area contributed by atoms with Gasteiger partial charge in [-0.1, -0.05) is 29.3 Å². The van der Waals surface area contributed by atoms with E-state index in [1.807, 2.05) is 6.92 Å². The van der Waals surface area contributed by atoms with Crippen molar-refractivity contribution in [2.24, 2.45) is 11.5 Å². The lowest BCUT2D eigenvalue weighted by atomic mass is 9.89. The van der Waals surface area contributed by atoms with Gasteiger partial charge in [0.05, 0.1) is 17.8 Å². The molecule has 0 aliphatic carbocycles. The van der Waals surface area contributed by atoms with Crippen LogP contribution in [0.4, 0.5) is 0 Å². The van der Waals surface area contributed by atoms with E-state index in [-0.39, 0.29) is 19.0 Å². The highest BCUT2D eigenvalue weighted by atomic mass is 35.5. The van der Waals surface area contributed by atoms with Crippen LogP contribution in [0.5, 0.6) is 0 Å². The first-order chi connectivity index (χ1) is 12.3. The van der Waals surface area contributed by atoms with Crippen LogP contribution in [-0.2, 0) is 17.8 Å². The summed E-state index contributed by atoms with van der Waals surface area (Å²) in [6, 6.07) is 5.09. The summed E-state index contributed by atoms with van der Waals surface area (Å²) in [4.78, 5) is 30.4. The van der Waals surface area contributed by atoms with E-state index in [2.05, 4.69) is 4.98 Å². The van der Waals surface area contributed by atoms with Crippen molar-refractivity contribution < 1.29 is 9.59 Å². The lowest BCUT2D eigenvalue weighted by molar-refractivity contribution is -0.118. The van der Waals surface area contributed by atoms with Gasteiger partial charge in [-0.3, -0.25) is 14.6 Å². The molecule has 0 bridgehead atoms. The second-order valence-corrected chi connectivity index (χ2v) is 6.99. The third-order valence-corrected chi connectivity index (χ3v) is 5.00. The van der Waals surface area contributed by atoms with E-state index in [1.165, 1.54) is 4.90 Å². The maximum absolute atomic E-state index is 13.1. The Morgan fingerprint density at radius 3 is 2.65 bits per heavy atom. The first kappa shape index (κ1) is 18.6. The number of halogens is 2. The minimum absolute atomic E-state index is 0.141. The Kier molecular flexibility index (Phi) is 5.18. The second kappa shape index (κ2) is 7.23. The van der Waals surface area contributed by atoms with Crippen molar-refractivity contribution in [3.8, 4) is 11.1 Å². The number of carbonyl (C=O) groups excluding carboxylic acids is 2. The summed E-state index contributed by atoms with van der Waals surface area (Å²) in [6.45, 7) is 2.30. The first-order valence-electron chi connectivity index (χ1n) is 8.09. The fourth-order valence-corrected chi connectivity index (χ4v) is 3.79. The van der Waals surface area contributed by atoms with E-state index in [0.29, 0.717) is 45.4 Å². The highest BCUT2D eigenvalue weighted by molar-refractivity contribution is 6.36. The van der Waals surface area contributed by atoms with Gasteiger partial charge in [-0.25, -0.2) is 0 Å². The molecule has 1 aromatic heterocycles. The van der Waals surface area contributed by atoms with Gasteiger partial charge in [-0.2, -0.15) is 0 Å². The van der Waals surface area contributed by atoms with Crippen molar-refractivity contribution in [1.82, 2.24) is 9.88 Å². The summed E-state index contributed by atoms with van der Waals surface area (Å²) in [5.41, 5.74) is 15.1. The van der Waals surface area contributed by atoms with Crippen molar-refractivity contribution >= 4 is 35.0 Å². The van der Waals surface area contributed by atoms with Crippen molar-refractivity contribution in [3.05, 3.63) is 50.8 Å². The number of pyridine rings is 1. The molecule has 3 rings (SSSR count). The fraction of sp³-hybridized carbons (Fsp3) is 0.278. The molecule has 4 N–H and O–H groups in total. The van der Waals surface area contributed by atoms with Crippen LogP contribution in [-0.4, -0.2) is 34.8 Å². The van der Waals surface area contributed by atoms with Gasteiger partial charge < -0.3 is 16.4 Å². The zero-order chi connectivity index (χ0) is 19.0. The number of nitrogens with two attached hydrogens (primary N) is 2. The summed E-state index contributed by atoms with van der Waals surface area (Å²) >= 11 is 12.4. The Labute approximate surface area is 161 Å². The molecule has 0 saturated heterocycles. The van der Waals surface area contributed by atoms with Crippen LogP contribution in [0.25, 0.3) is 11.1 Å². The largest absolute Gasteiger partial charge is 0.368 e. The van der Waals surface area contributed by atoms with Crippen LogP contribution in [0.1, 0.15) is 27.3 Å². The molecular formula is C18H18Cl2N4O2. The van der Waals surface area contributed by atoms with Crippen molar-refractivity contribution in [2.75, 3.05) is 13.1 Å². The van der Waals surface area contributed by atoms with Gasteiger partial charge in [0.25, 0.3) is 5.91 Å². The number of nitrogens with zero attached hydrogens (tertiary/aromatic N) is 2. The predicted molar refractivity (Wildman–Crippen MR) is 101 cm³/mol. The average Bonchev–Trinajstić information content (AvgIpc) is 2.56. The van der Waals surface area contributed by atoms with E-state index in [0.717, 1.165) is 11.3 Å². The molecule has 1 aliphatic heterocycles. The monoisotopic (exact) mass is 392 g/mol. The molecule has 1 aromatic carbocycles. The highest BCUT2D eigenvalue weighted by Gasteiger charge is 2.32. The molecule has 0 radical (unpaired) electrons. The van der Waals surface area contributed by atoms with Crippen LogP contribution in [0.15, 0.2) is 18.2 Å². The molecule has 1 aliphatic rings. The topological polar surface area (TPSA) is 102 Å². The fourth-order valence-electron chi connectivity index (χ4n) is 3.29. The Morgan fingerprint density at radius 2 is 2.04 bits per heavy atom. The molecule has 2 amide bonds. The number of fused-ring (bicyclic) bond motifs is 1. The Hall–Kier alpha value is -2.15. The summed E-state index contributed by atoms with van der Waals surface area (Å²) in [6.07, 6.45) is 0.526. The maximum Gasteiger partial charge on any atom is 0.256 e. The van der Waals surface area contributed by atoms with E-state index >= 15 is 0 Å². The molecule has 6 nitrogen and oxygen atoms in total. The van der Waals surface area contributed by atoms with E-state index in [9.17, 15) is 9.59 Å². The van der Waals surface area contributed by atoms with Crippen molar-refractivity contribution in [2.45, 2.75) is 19.9 Å². The number of rotatable bonds is 4. The van der Waals surface area contributed by atoms with Gasteiger partial charge in [-0.15, -0.1) is 0 Å². The second-order valence-electron chi connectivity index (χ2n) is 6.14. The molecule has 0 fully saturated rings. The highest BCUT2D eigenvalue weighted by Crippen LogP contribution is 2.38. The Bertz CT molecular complexity index is 915. The number of carbonyl (C=O) groups is 2. The minimum atomic E-state index is -0.563. The number of benzene rings is 1. The van der Waals surface area contributed by atoms with Gasteiger partial charge in [0.15, 0.2) is 0 Å². The van der Waals surface area contributed by atoms with Crippen LogP contribution in [0, 0.1) is 6.92 Å². The molecule has 0 unspecified atom stereocenters. The summed E-state index contributed by atoms with van der Waals surface area (Å²) in [7, 11) is 0. The molecule has 26 heavy (non-hydrogen) atoms. The Morgan fingerprint density at radius 1 is 1.31 bits per heavy atom. The number of aryl methyl sites for hydroxylation is 1. The number of hydrogen-bond donors (Lipinski definition) is 2. The molecule has 136 valence electrons. The smallest absolute Gasteiger partial charge is 0.256 e. The van der Waals surface area contributed by atoms with Crippen LogP contribution in [0.3, 0.4) is 0 Å². The molecule has 2 heterocycles. The van der Waals surface area contributed by atoms with Gasteiger partial charge in [0.2, 0.25) is 5.91 Å². The van der Waals surface area contributed by atoms with Crippen LogP contribution in [0.2, 0.25) is 10.0 Å². The lowest BCUT2D eigenvalue weighted by Crippen LogP contribution is -2.43. The van der Waals surface area contributed by atoms with E-state index in [4.69, 9.17) is 34.7 Å². The summed E-state index contributed by atoms with van der Waals surface area (Å²) < 4.78 is 0. The number of aromatic nitrogens is 1. The standard InChI is InChI=1S/C18H18Cl2N4O2/c1-9-12(7-21)16(11-3-2-10(19)6-13(11)20)17-14(23-9)4-5-24(18(17)26)8-15(22)25/h2-3,6H,4-5,7-8,21H2,1H3,(H2,22,25). The van der Waals surface area contributed by atoms with E-state index < -0.39 is 5.91 Å². The molecular weight excluding hydrogens is 375 g/mol. The molecule has 2 aromatic rings. The zero-order valence-corrected chi connectivity index (χ0v) is 15.7. The summed E-state index contributed by atoms with van der Waals surface area (Å²) in [5, 5.41) is 0.911. The normalized spacial score (nSPS) is 13.7. The van der Waals surface area contributed by atoms with Gasteiger partial charge in [0, 0.05) is 46.4 Å².